The van der Waals surface area contributed by atoms with Crippen molar-refractivity contribution >= 4 is 23.2 Å². The number of carbonyl (C=O) groups excluding carboxylic acids is 2. The average molecular weight is 508 g/mol. The van der Waals surface area contributed by atoms with E-state index < -0.39 is 0 Å². The van der Waals surface area contributed by atoms with Crippen molar-refractivity contribution in [1.29, 1.82) is 0 Å². The third-order valence-electron chi connectivity index (χ3n) is 6.06. The molecule has 4 aromatic carbocycles. The van der Waals surface area contributed by atoms with Crippen molar-refractivity contribution in [3.05, 3.63) is 126 Å². The minimum atomic E-state index is -0.196. The molecule has 4 rings (SSSR count). The van der Waals surface area contributed by atoms with Gasteiger partial charge in [0.2, 0.25) is 5.91 Å². The Morgan fingerprint density at radius 3 is 2.29 bits per heavy atom. The molecular weight excluding hydrogens is 474 g/mol. The lowest BCUT2D eigenvalue weighted by Crippen LogP contribution is -2.26. The molecular formula is C32H33N3O3. The summed E-state index contributed by atoms with van der Waals surface area (Å²) in [5, 5.41) is 8.99. The maximum atomic E-state index is 12.7. The number of ether oxygens (including phenoxy) is 1. The fourth-order valence-electron chi connectivity index (χ4n) is 4.04. The molecule has 0 heterocycles. The Bertz CT molecular complexity index is 1330. The van der Waals surface area contributed by atoms with E-state index in [1.807, 2.05) is 85.8 Å². The van der Waals surface area contributed by atoms with Crippen molar-refractivity contribution in [2.45, 2.75) is 25.8 Å². The predicted molar refractivity (Wildman–Crippen MR) is 153 cm³/mol. The van der Waals surface area contributed by atoms with E-state index >= 15 is 0 Å². The summed E-state index contributed by atoms with van der Waals surface area (Å²) in [6.45, 7) is 2.61. The summed E-state index contributed by atoms with van der Waals surface area (Å²) in [5.41, 5.74) is 4.21. The largest absolute Gasteiger partial charge is 0.494 e. The second-order valence-corrected chi connectivity index (χ2v) is 9.05. The molecule has 0 saturated heterocycles. The van der Waals surface area contributed by atoms with Gasteiger partial charge in [-0.25, -0.2) is 0 Å². The summed E-state index contributed by atoms with van der Waals surface area (Å²) < 4.78 is 5.87. The van der Waals surface area contributed by atoms with Crippen molar-refractivity contribution in [1.82, 2.24) is 5.32 Å². The van der Waals surface area contributed by atoms with Crippen LogP contribution in [-0.4, -0.2) is 25.0 Å². The lowest BCUT2D eigenvalue weighted by Gasteiger charge is -2.15. The Morgan fingerprint density at radius 2 is 1.50 bits per heavy atom. The summed E-state index contributed by atoms with van der Waals surface area (Å²) >= 11 is 0. The van der Waals surface area contributed by atoms with Crippen LogP contribution < -0.4 is 20.7 Å². The van der Waals surface area contributed by atoms with Gasteiger partial charge in [-0.15, -0.1) is 0 Å². The number of hydrogen-bond donors (Lipinski definition) is 3. The van der Waals surface area contributed by atoms with Gasteiger partial charge >= 0.3 is 0 Å². The standard InChI is InChI=1S/C32H33N3O3/c1-24(26-14-6-3-7-15-26)34-32(37)27-16-8-17-28(21-27)33-23-31(36)35-29-18-9-19-30(22-29)38-20-10-13-25-11-4-2-5-12-25/h2-9,11-12,14-19,21-22,24,33H,10,13,20,23H2,1H3,(H,34,37)(H,35,36). The van der Waals surface area contributed by atoms with Gasteiger partial charge in [-0.3, -0.25) is 9.59 Å². The molecule has 3 N–H and O–H groups in total. The van der Waals surface area contributed by atoms with E-state index in [-0.39, 0.29) is 24.4 Å². The maximum Gasteiger partial charge on any atom is 0.251 e. The maximum absolute atomic E-state index is 12.7. The topological polar surface area (TPSA) is 79.5 Å². The van der Waals surface area contributed by atoms with Gasteiger partial charge in [-0.1, -0.05) is 72.8 Å². The van der Waals surface area contributed by atoms with Crippen LogP contribution in [0.25, 0.3) is 0 Å². The molecule has 194 valence electrons. The quantitative estimate of drug-likeness (QED) is 0.198. The number of benzene rings is 4. The lowest BCUT2D eigenvalue weighted by molar-refractivity contribution is -0.114. The SMILES string of the molecule is CC(NC(=O)c1cccc(NCC(=O)Nc2cccc(OCCCc3ccccc3)c2)c1)c1ccccc1. The molecule has 0 saturated carbocycles. The molecule has 0 spiro atoms. The fraction of sp³-hybridized carbons (Fsp3) is 0.188. The van der Waals surface area contributed by atoms with E-state index in [1.54, 1.807) is 18.2 Å². The molecule has 0 fully saturated rings. The van der Waals surface area contributed by atoms with E-state index in [9.17, 15) is 9.59 Å². The van der Waals surface area contributed by atoms with Gasteiger partial charge in [-0.05, 0) is 61.2 Å². The first-order chi connectivity index (χ1) is 18.6. The molecule has 4 aromatic rings. The van der Waals surface area contributed by atoms with Gasteiger partial charge in [0.05, 0.1) is 19.2 Å². The highest BCUT2D eigenvalue weighted by atomic mass is 16.5. The highest BCUT2D eigenvalue weighted by Gasteiger charge is 2.12. The number of aryl methyl sites for hydroxylation is 1. The molecule has 1 atom stereocenters. The van der Waals surface area contributed by atoms with Gasteiger partial charge in [0.25, 0.3) is 5.91 Å². The van der Waals surface area contributed by atoms with Gasteiger partial charge in [0.1, 0.15) is 5.75 Å². The summed E-state index contributed by atoms with van der Waals surface area (Å²) in [6, 6.07) is 34.5. The van der Waals surface area contributed by atoms with E-state index in [0.29, 0.717) is 29.3 Å². The highest BCUT2D eigenvalue weighted by molar-refractivity contribution is 5.96. The zero-order valence-electron chi connectivity index (χ0n) is 21.5. The molecule has 0 aliphatic rings. The van der Waals surface area contributed by atoms with Crippen LogP contribution >= 0.6 is 0 Å². The van der Waals surface area contributed by atoms with Crippen LogP contribution in [0.2, 0.25) is 0 Å². The van der Waals surface area contributed by atoms with E-state index in [4.69, 9.17) is 4.74 Å². The Balaban J connectivity index is 1.23. The predicted octanol–water partition coefficient (Wildman–Crippen LogP) is 6.24. The molecule has 38 heavy (non-hydrogen) atoms. The molecule has 0 aliphatic carbocycles. The number of amides is 2. The Labute approximate surface area is 224 Å². The van der Waals surface area contributed by atoms with Crippen molar-refractivity contribution < 1.29 is 14.3 Å². The van der Waals surface area contributed by atoms with Crippen molar-refractivity contribution in [3.8, 4) is 5.75 Å². The van der Waals surface area contributed by atoms with Crippen LogP contribution in [0.1, 0.15) is 40.9 Å². The number of carbonyl (C=O) groups is 2. The normalized spacial score (nSPS) is 11.3. The first kappa shape index (κ1) is 26.5. The van der Waals surface area contributed by atoms with Crippen LogP contribution in [0.15, 0.2) is 109 Å². The number of rotatable bonds is 12. The monoisotopic (exact) mass is 507 g/mol. The highest BCUT2D eigenvalue weighted by Crippen LogP contribution is 2.18. The molecule has 1 unspecified atom stereocenters. The van der Waals surface area contributed by atoms with Crippen molar-refractivity contribution in [3.63, 3.8) is 0 Å². The lowest BCUT2D eigenvalue weighted by atomic mass is 10.1. The average Bonchev–Trinajstić information content (AvgIpc) is 2.95. The number of hydrogen-bond acceptors (Lipinski definition) is 4. The van der Waals surface area contributed by atoms with E-state index in [2.05, 4.69) is 28.1 Å². The number of nitrogens with one attached hydrogen (secondary N) is 3. The minimum Gasteiger partial charge on any atom is -0.494 e. The first-order valence-corrected chi connectivity index (χ1v) is 12.8. The smallest absolute Gasteiger partial charge is 0.251 e. The Hall–Kier alpha value is -4.58. The molecule has 6 nitrogen and oxygen atoms in total. The minimum absolute atomic E-state index is 0.0631. The summed E-state index contributed by atoms with van der Waals surface area (Å²) in [4.78, 5) is 25.3. The van der Waals surface area contributed by atoms with Gasteiger partial charge < -0.3 is 20.7 Å². The van der Waals surface area contributed by atoms with E-state index in [1.165, 1.54) is 5.56 Å². The zero-order valence-corrected chi connectivity index (χ0v) is 21.5. The molecule has 2 amide bonds. The van der Waals surface area contributed by atoms with Crippen LogP contribution in [0.4, 0.5) is 11.4 Å². The van der Waals surface area contributed by atoms with Gasteiger partial charge in [0.15, 0.2) is 0 Å². The summed E-state index contributed by atoms with van der Waals surface area (Å²) in [5.74, 6) is 0.348. The first-order valence-electron chi connectivity index (χ1n) is 12.8. The molecule has 0 bridgehead atoms. The van der Waals surface area contributed by atoms with Crippen LogP contribution in [0.5, 0.6) is 5.75 Å². The van der Waals surface area contributed by atoms with Gasteiger partial charge in [0, 0.05) is 23.0 Å². The van der Waals surface area contributed by atoms with Gasteiger partial charge in [-0.2, -0.15) is 0 Å². The molecule has 6 heteroatoms. The Kier molecular flexibility index (Phi) is 9.51. The van der Waals surface area contributed by atoms with E-state index in [0.717, 1.165) is 18.4 Å². The van der Waals surface area contributed by atoms with Crippen LogP contribution in [0.3, 0.4) is 0 Å². The van der Waals surface area contributed by atoms with Crippen LogP contribution in [-0.2, 0) is 11.2 Å². The fourth-order valence-corrected chi connectivity index (χ4v) is 4.04. The molecule has 0 aromatic heterocycles. The Morgan fingerprint density at radius 1 is 0.789 bits per heavy atom. The second kappa shape index (κ2) is 13.7. The van der Waals surface area contributed by atoms with Crippen LogP contribution in [0, 0.1) is 0 Å². The molecule has 0 aliphatic heterocycles. The zero-order chi connectivity index (χ0) is 26.6. The van der Waals surface area contributed by atoms with Crippen molar-refractivity contribution in [2.24, 2.45) is 0 Å². The molecule has 0 radical (unpaired) electrons. The third-order valence-corrected chi connectivity index (χ3v) is 6.06. The summed E-state index contributed by atoms with van der Waals surface area (Å²) in [7, 11) is 0. The summed E-state index contributed by atoms with van der Waals surface area (Å²) in [6.07, 6.45) is 1.87. The second-order valence-electron chi connectivity index (χ2n) is 9.05. The third kappa shape index (κ3) is 8.23. The van der Waals surface area contributed by atoms with Crippen molar-refractivity contribution in [2.75, 3.05) is 23.8 Å². The number of anilines is 2.